The third kappa shape index (κ3) is 5340. The number of hydrogen-bond donors (Lipinski definition) is 2. The molecule has 0 rings (SSSR count). The van der Waals surface area contributed by atoms with Crippen LogP contribution in [0.15, 0.2) is 0 Å². The predicted molar refractivity (Wildman–Crippen MR) is 33.1 cm³/mol. The zero-order valence-electron chi connectivity index (χ0n) is 6.23. The zero-order chi connectivity index (χ0) is 5.41. The molecule has 4 nitrogen and oxygen atoms in total. The molecule has 0 radical (unpaired) electrons. The van der Waals surface area contributed by atoms with Gasteiger partial charge in [0.05, 0.1) is 0 Å². The highest BCUT2D eigenvalue weighted by Gasteiger charge is 1.16. The van der Waals surface area contributed by atoms with E-state index in [0.29, 0.717) is 0 Å². The number of quaternary nitrogens is 2. The molecule has 0 aliphatic carbocycles. The second-order valence-corrected chi connectivity index (χ2v) is 0.577. The maximum atomic E-state index is 8.93. The first kappa shape index (κ1) is 24.9. The molecule has 0 spiro atoms. The Bertz CT molecular complexity index is 14.0. The standard InChI is InChI=1S/2C2H5O.2H3N/c2*1-2-3;;/h2*2H2,1H3;2*1H3/q2*-1;;/p+2. The Balaban J connectivity index is -0.0000000160. The number of hydrogen-bond acceptors (Lipinski definition) is 2. The fraction of sp³-hybridized carbons (Fsp3) is 1.00. The molecule has 4 heteroatoms. The third-order valence-corrected chi connectivity index (χ3v) is 0. The van der Waals surface area contributed by atoms with Gasteiger partial charge in [-0.15, -0.1) is 13.2 Å². The lowest BCUT2D eigenvalue weighted by Crippen LogP contribution is -1.97. The van der Waals surface area contributed by atoms with E-state index in [1.165, 1.54) is 0 Å². The Morgan fingerprint density at radius 2 is 0.875 bits per heavy atom. The van der Waals surface area contributed by atoms with E-state index < -0.39 is 0 Å². The van der Waals surface area contributed by atoms with Gasteiger partial charge in [-0.25, -0.2) is 0 Å². The largest absolute Gasteiger partial charge is 0.855 e. The van der Waals surface area contributed by atoms with E-state index in [0.717, 1.165) is 0 Å². The van der Waals surface area contributed by atoms with Crippen LogP contribution in [0.2, 0.25) is 0 Å². The van der Waals surface area contributed by atoms with Crippen LogP contribution in [0.25, 0.3) is 0 Å². The molecule has 0 atom stereocenters. The van der Waals surface area contributed by atoms with Gasteiger partial charge >= 0.3 is 0 Å². The van der Waals surface area contributed by atoms with E-state index >= 15 is 0 Å². The van der Waals surface area contributed by atoms with E-state index in [-0.39, 0.29) is 25.5 Å². The Hall–Kier alpha value is -0.160. The van der Waals surface area contributed by atoms with E-state index in [9.17, 15) is 0 Å². The normalized spacial score (nSPS) is 4.50. The highest BCUT2D eigenvalue weighted by molar-refractivity contribution is 3.80. The summed E-state index contributed by atoms with van der Waals surface area (Å²) in [4.78, 5) is 0. The lowest BCUT2D eigenvalue weighted by Gasteiger charge is -1.79. The first-order valence-electron chi connectivity index (χ1n) is 1.99. The molecule has 0 unspecified atom stereocenters. The summed E-state index contributed by atoms with van der Waals surface area (Å²) >= 11 is 0. The fourth-order valence-corrected chi connectivity index (χ4v) is 0. The van der Waals surface area contributed by atoms with Gasteiger partial charge < -0.3 is 22.5 Å². The van der Waals surface area contributed by atoms with E-state index in [4.69, 9.17) is 10.2 Å². The molecule has 0 aliphatic heterocycles. The summed E-state index contributed by atoms with van der Waals surface area (Å²) in [5.41, 5.74) is 0. The van der Waals surface area contributed by atoms with Crippen molar-refractivity contribution in [3.8, 4) is 0 Å². The Kier molecular flexibility index (Phi) is 214. The fourth-order valence-electron chi connectivity index (χ4n) is 0. The second kappa shape index (κ2) is 68.9. The average Bonchev–Trinajstić information content (AvgIpc) is 1.39. The van der Waals surface area contributed by atoms with Gasteiger partial charge in [0.25, 0.3) is 0 Å². The van der Waals surface area contributed by atoms with Gasteiger partial charge in [0.2, 0.25) is 0 Å². The molecule has 8 heavy (non-hydrogen) atoms. The highest BCUT2D eigenvalue weighted by atomic mass is 16.3. The topological polar surface area (TPSA) is 119 Å². The molecular formula is C4H18N2O2. The molecule has 0 heterocycles. The van der Waals surface area contributed by atoms with Gasteiger partial charge in [0, 0.05) is 0 Å². The van der Waals surface area contributed by atoms with Crippen molar-refractivity contribution in [3.05, 3.63) is 0 Å². The molecule has 0 saturated carbocycles. The molecule has 0 aliphatic rings. The highest BCUT2D eigenvalue weighted by Crippen LogP contribution is 1.18. The maximum absolute atomic E-state index is 8.93. The van der Waals surface area contributed by atoms with Gasteiger partial charge in [0.1, 0.15) is 0 Å². The average molecular weight is 126 g/mol. The Morgan fingerprint density at radius 1 is 0.875 bits per heavy atom. The van der Waals surface area contributed by atoms with E-state index in [2.05, 4.69) is 0 Å². The van der Waals surface area contributed by atoms with Crippen LogP contribution in [0.1, 0.15) is 13.8 Å². The third-order valence-electron chi connectivity index (χ3n) is 0. The summed E-state index contributed by atoms with van der Waals surface area (Å²) in [5, 5.41) is 17.9. The van der Waals surface area contributed by atoms with Crippen LogP contribution in [0.3, 0.4) is 0 Å². The van der Waals surface area contributed by atoms with Gasteiger partial charge in [0.15, 0.2) is 0 Å². The minimum absolute atomic E-state index is 0. The van der Waals surface area contributed by atoms with E-state index in [1.807, 2.05) is 0 Å². The monoisotopic (exact) mass is 126 g/mol. The minimum atomic E-state index is 0. The van der Waals surface area contributed by atoms with Gasteiger partial charge in [-0.2, -0.15) is 0 Å². The first-order chi connectivity index (χ1) is 2.83. The van der Waals surface area contributed by atoms with Crippen molar-refractivity contribution in [1.29, 1.82) is 0 Å². The smallest absolute Gasteiger partial charge is 0.0809 e. The van der Waals surface area contributed by atoms with Crippen molar-refractivity contribution in [2.45, 2.75) is 13.8 Å². The van der Waals surface area contributed by atoms with Crippen LogP contribution in [-0.4, -0.2) is 13.2 Å². The molecule has 0 aromatic carbocycles. The molecule has 0 fully saturated rings. The van der Waals surface area contributed by atoms with Crippen molar-refractivity contribution in [2.75, 3.05) is 13.2 Å². The lowest BCUT2D eigenvalue weighted by molar-refractivity contribution is -0.362. The zero-order valence-corrected chi connectivity index (χ0v) is 6.23. The van der Waals surface area contributed by atoms with Crippen LogP contribution in [0, 0.1) is 0 Å². The van der Waals surface area contributed by atoms with Crippen LogP contribution < -0.4 is 22.5 Å². The molecule has 0 amide bonds. The molecule has 0 bridgehead atoms. The summed E-state index contributed by atoms with van der Waals surface area (Å²) in [6.45, 7) is 3.14. The lowest BCUT2D eigenvalue weighted by atomic mass is 10.9. The summed E-state index contributed by atoms with van der Waals surface area (Å²) < 4.78 is 0. The Labute approximate surface area is 50.7 Å². The van der Waals surface area contributed by atoms with Crippen molar-refractivity contribution in [2.24, 2.45) is 0 Å². The molecule has 0 aromatic rings. The minimum Gasteiger partial charge on any atom is -0.855 e. The molecule has 56 valence electrons. The van der Waals surface area contributed by atoms with Gasteiger partial charge in [-0.3, -0.25) is 0 Å². The van der Waals surface area contributed by atoms with Crippen molar-refractivity contribution in [3.63, 3.8) is 0 Å². The van der Waals surface area contributed by atoms with Crippen molar-refractivity contribution >= 4 is 0 Å². The van der Waals surface area contributed by atoms with Crippen LogP contribution in [0.5, 0.6) is 0 Å². The maximum Gasteiger partial charge on any atom is -0.0809 e. The van der Waals surface area contributed by atoms with Gasteiger partial charge in [-0.05, 0) is 0 Å². The molecule has 0 aromatic heterocycles. The molecular weight excluding hydrogens is 108 g/mol. The van der Waals surface area contributed by atoms with Gasteiger partial charge in [-0.1, -0.05) is 13.8 Å². The predicted octanol–water partition coefficient (Wildman–Crippen LogP) is -0.514. The van der Waals surface area contributed by atoms with Crippen molar-refractivity contribution in [1.82, 2.24) is 12.3 Å². The molecule has 8 N–H and O–H groups in total. The quantitative estimate of drug-likeness (QED) is 0.454. The summed E-state index contributed by atoms with van der Waals surface area (Å²) in [7, 11) is 0. The second-order valence-electron chi connectivity index (χ2n) is 0.577. The van der Waals surface area contributed by atoms with Crippen LogP contribution >= 0.6 is 0 Å². The first-order valence-corrected chi connectivity index (χ1v) is 1.99. The summed E-state index contributed by atoms with van der Waals surface area (Å²) in [6, 6.07) is 0. The summed E-state index contributed by atoms with van der Waals surface area (Å²) in [5.74, 6) is 0. The molecule has 0 saturated heterocycles. The van der Waals surface area contributed by atoms with E-state index in [1.54, 1.807) is 13.8 Å². The van der Waals surface area contributed by atoms with Crippen molar-refractivity contribution < 1.29 is 10.2 Å². The van der Waals surface area contributed by atoms with Crippen LogP contribution in [0.4, 0.5) is 0 Å². The Morgan fingerprint density at radius 3 is 0.875 bits per heavy atom. The summed E-state index contributed by atoms with van der Waals surface area (Å²) in [6.07, 6.45) is 0. The SMILES string of the molecule is CC[O-].CC[O-].[NH4+].[NH4+]. The van der Waals surface area contributed by atoms with Crippen LogP contribution in [-0.2, 0) is 0 Å². The number of rotatable bonds is 0.